The molecule has 0 fully saturated rings. The van der Waals surface area contributed by atoms with E-state index in [2.05, 4.69) is 9.44 Å². The van der Waals surface area contributed by atoms with Crippen LogP contribution in [0, 0.1) is 0 Å². The number of hydrogen-bond acceptors (Lipinski definition) is 6. The molecule has 0 saturated heterocycles. The SMILES string of the molecule is CCCC(CC)NS(=O)(=O)c1ccc(S(=O)(=O)NCc2ccc3c(c2)OCO3)cc1. The summed E-state index contributed by atoms with van der Waals surface area (Å²) < 4.78 is 65.9. The highest BCUT2D eigenvalue weighted by atomic mass is 32.2. The van der Waals surface area contributed by atoms with Crippen molar-refractivity contribution in [2.24, 2.45) is 0 Å². The van der Waals surface area contributed by atoms with Gasteiger partial charge in [0, 0.05) is 12.6 Å². The molecule has 0 bridgehead atoms. The molecule has 1 aliphatic rings. The number of fused-ring (bicyclic) bond motifs is 1. The maximum absolute atomic E-state index is 12.6. The average Bonchev–Trinajstić information content (AvgIpc) is 3.20. The van der Waals surface area contributed by atoms with Crippen molar-refractivity contribution in [2.45, 2.75) is 55.5 Å². The summed E-state index contributed by atoms with van der Waals surface area (Å²) in [4.78, 5) is 0.0227. The number of ether oxygens (including phenoxy) is 2. The Bertz CT molecular complexity index is 1080. The minimum Gasteiger partial charge on any atom is -0.454 e. The van der Waals surface area contributed by atoms with Gasteiger partial charge in [-0.05, 0) is 54.8 Å². The van der Waals surface area contributed by atoms with E-state index in [4.69, 9.17) is 9.47 Å². The minimum absolute atomic E-state index is 0.0113. The average molecular weight is 455 g/mol. The molecule has 0 aliphatic carbocycles. The fourth-order valence-corrected chi connectivity index (χ4v) is 5.46. The zero-order chi connectivity index (χ0) is 21.8. The largest absolute Gasteiger partial charge is 0.454 e. The molecule has 1 unspecified atom stereocenters. The smallest absolute Gasteiger partial charge is 0.240 e. The summed E-state index contributed by atoms with van der Waals surface area (Å²) in [7, 11) is -7.52. The maximum atomic E-state index is 12.6. The molecule has 0 saturated carbocycles. The quantitative estimate of drug-likeness (QED) is 0.571. The van der Waals surface area contributed by atoms with Crippen molar-refractivity contribution in [3.05, 3.63) is 48.0 Å². The first-order valence-corrected chi connectivity index (χ1v) is 12.7. The minimum atomic E-state index is -3.81. The lowest BCUT2D eigenvalue weighted by Crippen LogP contribution is -2.34. The van der Waals surface area contributed by atoms with Gasteiger partial charge in [0.15, 0.2) is 11.5 Å². The van der Waals surface area contributed by atoms with Crippen LogP contribution in [0.15, 0.2) is 52.3 Å². The molecule has 0 aromatic heterocycles. The Morgan fingerprint density at radius 1 is 0.900 bits per heavy atom. The maximum Gasteiger partial charge on any atom is 0.240 e. The van der Waals surface area contributed by atoms with E-state index in [1.54, 1.807) is 18.2 Å². The standard InChI is InChI=1S/C20H26N2O6S2/c1-3-5-16(4-2)22-30(25,26)18-9-7-17(8-10-18)29(23,24)21-13-15-6-11-19-20(12-15)28-14-27-19/h6-12,16,21-22H,3-5,13-14H2,1-2H3. The van der Waals surface area contributed by atoms with E-state index in [9.17, 15) is 16.8 Å². The van der Waals surface area contributed by atoms with Gasteiger partial charge in [-0.2, -0.15) is 0 Å². The van der Waals surface area contributed by atoms with Crippen LogP contribution in [0.25, 0.3) is 0 Å². The second-order valence-electron chi connectivity index (χ2n) is 7.00. The van der Waals surface area contributed by atoms with Crippen molar-refractivity contribution >= 4 is 20.0 Å². The van der Waals surface area contributed by atoms with Crippen molar-refractivity contribution in [2.75, 3.05) is 6.79 Å². The third kappa shape index (κ3) is 5.31. The van der Waals surface area contributed by atoms with Crippen molar-refractivity contribution in [3.63, 3.8) is 0 Å². The van der Waals surface area contributed by atoms with Gasteiger partial charge in [-0.1, -0.05) is 26.3 Å². The van der Waals surface area contributed by atoms with Crippen molar-refractivity contribution in [1.29, 1.82) is 0 Å². The molecule has 0 radical (unpaired) electrons. The van der Waals surface area contributed by atoms with Crippen LogP contribution in [0.4, 0.5) is 0 Å². The van der Waals surface area contributed by atoms with Crippen molar-refractivity contribution in [1.82, 2.24) is 9.44 Å². The first-order valence-electron chi connectivity index (χ1n) is 9.75. The lowest BCUT2D eigenvalue weighted by Gasteiger charge is -2.16. The fourth-order valence-electron chi connectivity index (χ4n) is 3.09. The van der Waals surface area contributed by atoms with E-state index in [-0.39, 0.29) is 29.2 Å². The number of nitrogens with one attached hydrogen (secondary N) is 2. The number of rotatable bonds is 10. The highest BCUT2D eigenvalue weighted by Crippen LogP contribution is 2.32. The van der Waals surface area contributed by atoms with E-state index in [1.807, 2.05) is 13.8 Å². The molecule has 164 valence electrons. The second-order valence-corrected chi connectivity index (χ2v) is 10.5. The summed E-state index contributed by atoms with van der Waals surface area (Å²) in [6.45, 7) is 4.12. The summed E-state index contributed by atoms with van der Waals surface area (Å²) in [5, 5.41) is 0. The van der Waals surface area contributed by atoms with Gasteiger partial charge < -0.3 is 9.47 Å². The van der Waals surface area contributed by atoms with Gasteiger partial charge in [-0.25, -0.2) is 26.3 Å². The van der Waals surface area contributed by atoms with Crippen LogP contribution >= 0.6 is 0 Å². The third-order valence-corrected chi connectivity index (χ3v) is 7.75. The van der Waals surface area contributed by atoms with Gasteiger partial charge in [0.2, 0.25) is 26.8 Å². The van der Waals surface area contributed by atoms with E-state index in [1.165, 1.54) is 24.3 Å². The molecule has 1 aliphatic heterocycles. The molecule has 10 heteroatoms. The van der Waals surface area contributed by atoms with Gasteiger partial charge in [0.05, 0.1) is 9.79 Å². The molecule has 0 spiro atoms. The molecule has 8 nitrogen and oxygen atoms in total. The Hall–Kier alpha value is -2.14. The van der Waals surface area contributed by atoms with Gasteiger partial charge >= 0.3 is 0 Å². The summed E-state index contributed by atoms with van der Waals surface area (Å²) in [6, 6.07) is 10.2. The number of hydrogen-bond donors (Lipinski definition) is 2. The highest BCUT2D eigenvalue weighted by Gasteiger charge is 2.21. The van der Waals surface area contributed by atoms with Crippen LogP contribution in [-0.2, 0) is 26.6 Å². The van der Waals surface area contributed by atoms with Gasteiger partial charge in [-0.15, -0.1) is 0 Å². The molecule has 1 atom stereocenters. The Morgan fingerprint density at radius 2 is 1.53 bits per heavy atom. The topological polar surface area (TPSA) is 111 Å². The Balaban J connectivity index is 1.68. The van der Waals surface area contributed by atoms with Gasteiger partial charge in [0.1, 0.15) is 0 Å². The lowest BCUT2D eigenvalue weighted by atomic mass is 10.1. The fraction of sp³-hybridized carbons (Fsp3) is 0.400. The van der Waals surface area contributed by atoms with Crippen molar-refractivity contribution in [3.8, 4) is 11.5 Å². The molecular weight excluding hydrogens is 428 g/mol. The predicted molar refractivity (Wildman–Crippen MR) is 112 cm³/mol. The van der Waals surface area contributed by atoms with Crippen LogP contribution in [0.1, 0.15) is 38.7 Å². The van der Waals surface area contributed by atoms with Gasteiger partial charge in [0.25, 0.3) is 0 Å². The predicted octanol–water partition coefficient (Wildman–Crippen LogP) is 2.75. The summed E-state index contributed by atoms with van der Waals surface area (Å²) in [5.41, 5.74) is 0.716. The summed E-state index contributed by atoms with van der Waals surface area (Å²) >= 11 is 0. The van der Waals surface area contributed by atoms with Crippen LogP contribution in [-0.4, -0.2) is 29.7 Å². The number of sulfonamides is 2. The number of benzene rings is 2. The van der Waals surface area contributed by atoms with Crippen LogP contribution in [0.5, 0.6) is 11.5 Å². The zero-order valence-electron chi connectivity index (χ0n) is 16.9. The second kappa shape index (κ2) is 9.34. The molecule has 3 rings (SSSR count). The van der Waals surface area contributed by atoms with Crippen LogP contribution in [0.3, 0.4) is 0 Å². The van der Waals surface area contributed by atoms with E-state index >= 15 is 0 Å². The summed E-state index contributed by atoms with van der Waals surface area (Å²) in [6.07, 6.45) is 2.29. The van der Waals surface area contributed by atoms with Crippen LogP contribution < -0.4 is 18.9 Å². The highest BCUT2D eigenvalue weighted by molar-refractivity contribution is 7.90. The Kier molecular flexibility index (Phi) is 7.02. The normalized spacial score (nSPS) is 14.6. The molecule has 1 heterocycles. The lowest BCUT2D eigenvalue weighted by molar-refractivity contribution is 0.174. The van der Waals surface area contributed by atoms with E-state index in [0.29, 0.717) is 23.5 Å². The molecule has 2 aromatic carbocycles. The first-order chi connectivity index (χ1) is 14.2. The molecule has 2 N–H and O–H groups in total. The van der Waals surface area contributed by atoms with Crippen LogP contribution in [0.2, 0.25) is 0 Å². The monoisotopic (exact) mass is 454 g/mol. The Morgan fingerprint density at radius 3 is 2.17 bits per heavy atom. The van der Waals surface area contributed by atoms with Gasteiger partial charge in [-0.3, -0.25) is 0 Å². The summed E-state index contributed by atoms with van der Waals surface area (Å²) in [5.74, 6) is 1.19. The molecule has 30 heavy (non-hydrogen) atoms. The van der Waals surface area contributed by atoms with Crippen molar-refractivity contribution < 1.29 is 26.3 Å². The van der Waals surface area contributed by atoms with E-state index in [0.717, 1.165) is 12.8 Å². The van der Waals surface area contributed by atoms with E-state index < -0.39 is 20.0 Å². The molecular formula is C20H26N2O6S2. The zero-order valence-corrected chi connectivity index (χ0v) is 18.6. The molecule has 0 amide bonds. The third-order valence-electron chi connectivity index (χ3n) is 4.80. The first kappa shape index (κ1) is 22.5. The Labute approximate surface area is 177 Å². The molecule has 2 aromatic rings.